The highest BCUT2D eigenvalue weighted by Gasteiger charge is 2.20. The van der Waals surface area contributed by atoms with E-state index in [1.54, 1.807) is 12.1 Å². The third-order valence-electron chi connectivity index (χ3n) is 3.14. The number of nitrogens with one attached hydrogen (secondary N) is 1. The van der Waals surface area contributed by atoms with Gasteiger partial charge in [-0.3, -0.25) is 0 Å². The molecule has 100 valence electrons. The van der Waals surface area contributed by atoms with E-state index in [-0.39, 0.29) is 5.75 Å². The number of hydrogen-bond acceptors (Lipinski definition) is 4. The van der Waals surface area contributed by atoms with Crippen LogP contribution in [0, 0.1) is 5.82 Å². The molecular formula is C14H15FN2O2. The van der Waals surface area contributed by atoms with Crippen molar-refractivity contribution in [1.29, 1.82) is 0 Å². The van der Waals surface area contributed by atoms with Gasteiger partial charge in [-0.2, -0.15) is 0 Å². The molecule has 1 aliphatic rings. The highest BCUT2D eigenvalue weighted by Crippen LogP contribution is 2.26. The van der Waals surface area contributed by atoms with E-state index in [0.717, 1.165) is 5.69 Å². The lowest BCUT2D eigenvalue weighted by Gasteiger charge is -2.02. The van der Waals surface area contributed by atoms with E-state index in [1.807, 2.05) is 6.07 Å². The number of methoxy groups -OCH3 is 1. The van der Waals surface area contributed by atoms with Crippen molar-refractivity contribution < 1.29 is 13.7 Å². The maximum Gasteiger partial charge on any atom is 0.167 e. The van der Waals surface area contributed by atoms with Crippen LogP contribution in [0.15, 0.2) is 28.8 Å². The molecule has 0 atom stereocenters. The summed E-state index contributed by atoms with van der Waals surface area (Å²) >= 11 is 0. The Balaban J connectivity index is 1.75. The second kappa shape index (κ2) is 5.01. The Labute approximate surface area is 110 Å². The van der Waals surface area contributed by atoms with Crippen LogP contribution in [0.5, 0.6) is 5.75 Å². The Morgan fingerprint density at radius 1 is 1.42 bits per heavy atom. The molecule has 0 aliphatic heterocycles. The molecule has 0 radical (unpaired) electrons. The van der Waals surface area contributed by atoms with E-state index in [1.165, 1.54) is 26.0 Å². The van der Waals surface area contributed by atoms with Gasteiger partial charge >= 0.3 is 0 Å². The lowest BCUT2D eigenvalue weighted by Crippen LogP contribution is -2.15. The zero-order valence-electron chi connectivity index (χ0n) is 10.6. The first-order valence-electron chi connectivity index (χ1n) is 6.29. The maximum absolute atomic E-state index is 13.6. The predicted molar refractivity (Wildman–Crippen MR) is 68.3 cm³/mol. The molecule has 0 amide bonds. The van der Waals surface area contributed by atoms with Gasteiger partial charge in [0.2, 0.25) is 0 Å². The molecule has 0 unspecified atom stereocenters. The first-order valence-corrected chi connectivity index (χ1v) is 6.29. The molecule has 1 saturated carbocycles. The molecule has 4 nitrogen and oxygen atoms in total. The second-order valence-electron chi connectivity index (χ2n) is 4.69. The van der Waals surface area contributed by atoms with Crippen molar-refractivity contribution in [3.63, 3.8) is 0 Å². The van der Waals surface area contributed by atoms with Crippen molar-refractivity contribution in [2.45, 2.75) is 25.4 Å². The number of ether oxygens (including phenoxy) is 1. The minimum atomic E-state index is -0.408. The molecule has 1 N–H and O–H groups in total. The van der Waals surface area contributed by atoms with Crippen molar-refractivity contribution in [2.24, 2.45) is 0 Å². The standard InChI is InChI=1S/C14H15FN2O2/c1-18-13-5-2-9(6-12(13)15)14-7-11(17-19-14)8-16-10-3-4-10/h2,5-7,10,16H,3-4,8H2,1H3. The number of aromatic nitrogens is 1. The Bertz CT molecular complexity index is 579. The third-order valence-corrected chi connectivity index (χ3v) is 3.14. The van der Waals surface area contributed by atoms with Crippen molar-refractivity contribution in [1.82, 2.24) is 10.5 Å². The summed E-state index contributed by atoms with van der Waals surface area (Å²) in [4.78, 5) is 0. The summed E-state index contributed by atoms with van der Waals surface area (Å²) in [6.45, 7) is 0.687. The summed E-state index contributed by atoms with van der Waals surface area (Å²) in [5, 5.41) is 7.32. The monoisotopic (exact) mass is 262 g/mol. The van der Waals surface area contributed by atoms with Crippen LogP contribution in [0.25, 0.3) is 11.3 Å². The van der Waals surface area contributed by atoms with Gasteiger partial charge in [-0.25, -0.2) is 4.39 Å². The number of nitrogens with zero attached hydrogens (tertiary/aromatic N) is 1. The average Bonchev–Trinajstić information content (AvgIpc) is 3.13. The van der Waals surface area contributed by atoms with Gasteiger partial charge < -0.3 is 14.6 Å². The lowest BCUT2D eigenvalue weighted by atomic mass is 10.1. The number of rotatable bonds is 5. The topological polar surface area (TPSA) is 47.3 Å². The third kappa shape index (κ3) is 2.76. The average molecular weight is 262 g/mol. The van der Waals surface area contributed by atoms with Gasteiger partial charge in [0.15, 0.2) is 17.3 Å². The largest absolute Gasteiger partial charge is 0.494 e. The van der Waals surface area contributed by atoms with Crippen LogP contribution in [0.3, 0.4) is 0 Å². The molecule has 2 aromatic rings. The Kier molecular flexibility index (Phi) is 3.21. The molecule has 1 aliphatic carbocycles. The molecular weight excluding hydrogens is 247 g/mol. The zero-order chi connectivity index (χ0) is 13.2. The first kappa shape index (κ1) is 12.2. The normalized spacial score (nSPS) is 14.6. The van der Waals surface area contributed by atoms with Gasteiger partial charge in [0.1, 0.15) is 0 Å². The molecule has 0 saturated heterocycles. The maximum atomic E-state index is 13.6. The van der Waals surface area contributed by atoms with Gasteiger partial charge in [0.25, 0.3) is 0 Å². The quantitative estimate of drug-likeness (QED) is 0.900. The van der Waals surface area contributed by atoms with Gasteiger partial charge in [-0.05, 0) is 31.0 Å². The van der Waals surface area contributed by atoms with E-state index in [0.29, 0.717) is 23.9 Å². The van der Waals surface area contributed by atoms with Crippen LogP contribution in [0.1, 0.15) is 18.5 Å². The molecule has 1 heterocycles. The molecule has 1 aromatic carbocycles. The van der Waals surface area contributed by atoms with E-state index < -0.39 is 5.82 Å². The summed E-state index contributed by atoms with van der Waals surface area (Å²) in [7, 11) is 1.44. The lowest BCUT2D eigenvalue weighted by molar-refractivity contribution is 0.386. The Morgan fingerprint density at radius 3 is 2.95 bits per heavy atom. The SMILES string of the molecule is COc1ccc(-c2cc(CNC3CC3)no2)cc1F. The summed E-state index contributed by atoms with van der Waals surface area (Å²) in [6.07, 6.45) is 2.46. The van der Waals surface area contributed by atoms with Gasteiger partial charge in [-0.1, -0.05) is 5.16 Å². The van der Waals surface area contributed by atoms with Gasteiger partial charge in [-0.15, -0.1) is 0 Å². The summed E-state index contributed by atoms with van der Waals surface area (Å²) in [5.41, 5.74) is 1.49. The van der Waals surface area contributed by atoms with Gasteiger partial charge in [0, 0.05) is 24.2 Å². The fraction of sp³-hybridized carbons (Fsp3) is 0.357. The molecule has 1 aromatic heterocycles. The fourth-order valence-corrected chi connectivity index (χ4v) is 1.89. The highest BCUT2D eigenvalue weighted by molar-refractivity contribution is 5.58. The van der Waals surface area contributed by atoms with Crippen LogP contribution in [-0.4, -0.2) is 18.3 Å². The molecule has 3 rings (SSSR count). The van der Waals surface area contributed by atoms with Crippen molar-refractivity contribution >= 4 is 0 Å². The van der Waals surface area contributed by atoms with E-state index in [9.17, 15) is 4.39 Å². The minimum Gasteiger partial charge on any atom is -0.494 e. The molecule has 19 heavy (non-hydrogen) atoms. The highest BCUT2D eigenvalue weighted by atomic mass is 19.1. The smallest absolute Gasteiger partial charge is 0.167 e. The summed E-state index contributed by atoms with van der Waals surface area (Å²) in [6, 6.07) is 7.17. The van der Waals surface area contributed by atoms with E-state index >= 15 is 0 Å². The predicted octanol–water partition coefficient (Wildman–Crippen LogP) is 2.74. The Morgan fingerprint density at radius 2 is 2.26 bits per heavy atom. The van der Waals surface area contributed by atoms with Crippen molar-refractivity contribution in [3.05, 3.63) is 35.8 Å². The van der Waals surface area contributed by atoms with Crippen molar-refractivity contribution in [3.8, 4) is 17.1 Å². The van der Waals surface area contributed by atoms with Crippen LogP contribution in [0.4, 0.5) is 4.39 Å². The second-order valence-corrected chi connectivity index (χ2v) is 4.69. The van der Waals surface area contributed by atoms with E-state index in [4.69, 9.17) is 9.26 Å². The number of hydrogen-bond donors (Lipinski definition) is 1. The molecule has 0 spiro atoms. The minimum absolute atomic E-state index is 0.221. The zero-order valence-corrected chi connectivity index (χ0v) is 10.6. The number of halogens is 1. The van der Waals surface area contributed by atoms with Crippen LogP contribution in [-0.2, 0) is 6.54 Å². The van der Waals surface area contributed by atoms with Gasteiger partial charge in [0.05, 0.1) is 12.8 Å². The van der Waals surface area contributed by atoms with Crippen LogP contribution < -0.4 is 10.1 Å². The molecule has 0 bridgehead atoms. The first-order chi connectivity index (χ1) is 9.26. The van der Waals surface area contributed by atoms with Crippen LogP contribution >= 0.6 is 0 Å². The molecule has 1 fully saturated rings. The van der Waals surface area contributed by atoms with Crippen LogP contribution in [0.2, 0.25) is 0 Å². The van der Waals surface area contributed by atoms with E-state index in [2.05, 4.69) is 10.5 Å². The fourth-order valence-electron chi connectivity index (χ4n) is 1.89. The summed E-state index contributed by atoms with van der Waals surface area (Å²) < 4.78 is 23.7. The van der Waals surface area contributed by atoms with Crippen molar-refractivity contribution in [2.75, 3.05) is 7.11 Å². The molecule has 5 heteroatoms. The number of benzene rings is 1. The summed E-state index contributed by atoms with van der Waals surface area (Å²) in [5.74, 6) is 0.377. The Hall–Kier alpha value is -1.88.